The number of phenolic OH excluding ortho intramolecular Hbond substituents is 1. The van der Waals surface area contributed by atoms with Crippen LogP contribution in [0.2, 0.25) is 0 Å². The lowest BCUT2D eigenvalue weighted by atomic mass is 9.92. The second-order valence-corrected chi connectivity index (χ2v) is 7.59. The maximum absolute atomic E-state index is 10.4. The fourth-order valence-corrected chi connectivity index (χ4v) is 4.81. The van der Waals surface area contributed by atoms with E-state index in [1.807, 2.05) is 12.1 Å². The van der Waals surface area contributed by atoms with Crippen molar-refractivity contribution >= 4 is 19.6 Å². The smallest absolute Gasteiger partial charge is 0.119 e. The summed E-state index contributed by atoms with van der Waals surface area (Å²) in [7, 11) is 4.80. The van der Waals surface area contributed by atoms with Crippen LogP contribution >= 0.6 is 8.58 Å². The molecule has 0 aliphatic rings. The standard InChI is InChI=1S/C19H26NOP/c1-5-19(6-2,15-11-7-9-13-17(15)21)22-18-14-10-8-12-16(18)20(3)4/h7-14,21-22H,5-6H2,1-4H3. The van der Waals surface area contributed by atoms with Crippen LogP contribution in [0.25, 0.3) is 0 Å². The summed E-state index contributed by atoms with van der Waals surface area (Å²) in [6, 6.07) is 16.4. The van der Waals surface area contributed by atoms with Crippen LogP contribution in [0.3, 0.4) is 0 Å². The van der Waals surface area contributed by atoms with Gasteiger partial charge in [0.05, 0.1) is 0 Å². The summed E-state index contributed by atoms with van der Waals surface area (Å²) < 4.78 is 0. The Morgan fingerprint density at radius 2 is 1.55 bits per heavy atom. The van der Waals surface area contributed by atoms with E-state index in [0.29, 0.717) is 14.3 Å². The zero-order valence-electron chi connectivity index (χ0n) is 13.9. The van der Waals surface area contributed by atoms with Gasteiger partial charge in [0.2, 0.25) is 0 Å². The van der Waals surface area contributed by atoms with E-state index in [1.165, 1.54) is 11.0 Å². The highest BCUT2D eigenvalue weighted by atomic mass is 31.1. The molecule has 3 heteroatoms. The quantitative estimate of drug-likeness (QED) is 0.795. The van der Waals surface area contributed by atoms with Crippen molar-refractivity contribution in [2.45, 2.75) is 31.8 Å². The normalized spacial score (nSPS) is 12.0. The Labute approximate surface area is 136 Å². The molecular formula is C19H26NOP. The summed E-state index contributed by atoms with van der Waals surface area (Å²) in [5, 5.41) is 11.7. The zero-order chi connectivity index (χ0) is 16.2. The van der Waals surface area contributed by atoms with Crippen LogP contribution in [-0.4, -0.2) is 19.2 Å². The van der Waals surface area contributed by atoms with Crippen molar-refractivity contribution in [1.82, 2.24) is 0 Å². The van der Waals surface area contributed by atoms with E-state index in [9.17, 15) is 5.11 Å². The molecule has 0 spiro atoms. The lowest BCUT2D eigenvalue weighted by Gasteiger charge is -2.34. The number of phenols is 1. The van der Waals surface area contributed by atoms with Crippen molar-refractivity contribution in [2.24, 2.45) is 0 Å². The average Bonchev–Trinajstić information content (AvgIpc) is 2.53. The van der Waals surface area contributed by atoms with Crippen molar-refractivity contribution in [3.63, 3.8) is 0 Å². The first-order valence-corrected chi connectivity index (χ1v) is 8.87. The number of anilines is 1. The molecule has 118 valence electrons. The molecular weight excluding hydrogens is 289 g/mol. The zero-order valence-corrected chi connectivity index (χ0v) is 14.9. The molecule has 0 saturated heterocycles. The van der Waals surface area contributed by atoms with Gasteiger partial charge in [-0.15, -0.1) is 0 Å². The van der Waals surface area contributed by atoms with Crippen molar-refractivity contribution in [3.8, 4) is 5.75 Å². The van der Waals surface area contributed by atoms with Crippen LogP contribution in [-0.2, 0) is 5.16 Å². The Bertz CT molecular complexity index is 620. The van der Waals surface area contributed by atoms with Gasteiger partial charge in [0.25, 0.3) is 0 Å². The van der Waals surface area contributed by atoms with E-state index in [-0.39, 0.29) is 5.16 Å². The van der Waals surface area contributed by atoms with Crippen LogP contribution in [0.15, 0.2) is 48.5 Å². The molecule has 0 saturated carbocycles. The number of hydrogen-bond donors (Lipinski definition) is 1. The summed E-state index contributed by atoms with van der Waals surface area (Å²) in [5.41, 5.74) is 2.34. The number of hydrogen-bond acceptors (Lipinski definition) is 2. The molecule has 1 unspecified atom stereocenters. The predicted octanol–water partition coefficient (Wildman–Crippen LogP) is 4.48. The molecule has 0 bridgehead atoms. The maximum Gasteiger partial charge on any atom is 0.119 e. The lowest BCUT2D eigenvalue weighted by Crippen LogP contribution is -2.24. The van der Waals surface area contributed by atoms with Crippen LogP contribution in [0.4, 0.5) is 5.69 Å². The van der Waals surface area contributed by atoms with Crippen molar-refractivity contribution in [3.05, 3.63) is 54.1 Å². The molecule has 22 heavy (non-hydrogen) atoms. The Balaban J connectivity index is 2.48. The van der Waals surface area contributed by atoms with Gasteiger partial charge in [0.15, 0.2) is 0 Å². The van der Waals surface area contributed by atoms with E-state index < -0.39 is 0 Å². The minimum atomic E-state index is -0.00252. The van der Waals surface area contributed by atoms with E-state index in [2.05, 4.69) is 63.2 Å². The summed E-state index contributed by atoms with van der Waals surface area (Å²) >= 11 is 0. The molecule has 2 aromatic rings. The SMILES string of the molecule is CCC(CC)(Pc1ccccc1N(C)C)c1ccccc1O. The van der Waals surface area contributed by atoms with E-state index >= 15 is 0 Å². The highest BCUT2D eigenvalue weighted by Crippen LogP contribution is 2.50. The van der Waals surface area contributed by atoms with Gasteiger partial charge in [-0.2, -0.15) is 0 Å². The van der Waals surface area contributed by atoms with Crippen LogP contribution < -0.4 is 10.2 Å². The van der Waals surface area contributed by atoms with E-state index in [0.717, 1.165) is 18.4 Å². The molecule has 0 fully saturated rings. The molecule has 0 aliphatic carbocycles. The highest BCUT2D eigenvalue weighted by Gasteiger charge is 2.32. The summed E-state index contributed by atoms with van der Waals surface area (Å²) in [5.74, 6) is 0.418. The van der Waals surface area contributed by atoms with Gasteiger partial charge in [-0.3, -0.25) is 0 Å². The number of benzene rings is 2. The average molecular weight is 315 g/mol. The van der Waals surface area contributed by atoms with E-state index in [1.54, 1.807) is 6.07 Å². The molecule has 0 heterocycles. The van der Waals surface area contributed by atoms with Crippen molar-refractivity contribution in [2.75, 3.05) is 19.0 Å². The molecule has 0 amide bonds. The maximum atomic E-state index is 10.4. The fourth-order valence-electron chi connectivity index (χ4n) is 2.98. The van der Waals surface area contributed by atoms with Crippen LogP contribution in [0.5, 0.6) is 5.75 Å². The molecule has 1 N–H and O–H groups in total. The fraction of sp³-hybridized carbons (Fsp3) is 0.368. The molecule has 0 radical (unpaired) electrons. The van der Waals surface area contributed by atoms with Gasteiger partial charge < -0.3 is 10.0 Å². The first-order valence-electron chi connectivity index (χ1n) is 7.87. The van der Waals surface area contributed by atoms with Crippen molar-refractivity contribution < 1.29 is 5.11 Å². The summed E-state index contributed by atoms with van der Waals surface area (Å²) in [6.07, 6.45) is 2.03. The van der Waals surface area contributed by atoms with Gasteiger partial charge in [0.1, 0.15) is 5.75 Å². The molecule has 2 rings (SSSR count). The summed E-state index contributed by atoms with van der Waals surface area (Å²) in [4.78, 5) is 2.17. The minimum absolute atomic E-state index is 0.00252. The third-order valence-electron chi connectivity index (χ3n) is 4.39. The number of nitrogens with zero attached hydrogens (tertiary/aromatic N) is 1. The van der Waals surface area contributed by atoms with E-state index in [4.69, 9.17) is 0 Å². The topological polar surface area (TPSA) is 23.5 Å². The Morgan fingerprint density at radius 1 is 0.955 bits per heavy atom. The third kappa shape index (κ3) is 3.28. The van der Waals surface area contributed by atoms with Gasteiger partial charge in [0, 0.05) is 30.5 Å². The highest BCUT2D eigenvalue weighted by molar-refractivity contribution is 7.49. The van der Waals surface area contributed by atoms with Gasteiger partial charge in [-0.1, -0.05) is 58.8 Å². The second-order valence-electron chi connectivity index (χ2n) is 5.84. The predicted molar refractivity (Wildman–Crippen MR) is 99.1 cm³/mol. The first-order chi connectivity index (χ1) is 10.5. The van der Waals surface area contributed by atoms with Gasteiger partial charge in [-0.25, -0.2) is 0 Å². The second kappa shape index (κ2) is 7.15. The Kier molecular flexibility index (Phi) is 5.47. The Hall–Kier alpha value is -1.53. The number of para-hydroxylation sites is 2. The minimum Gasteiger partial charge on any atom is -0.508 e. The summed E-state index contributed by atoms with van der Waals surface area (Å²) in [6.45, 7) is 4.45. The molecule has 1 atom stereocenters. The monoisotopic (exact) mass is 315 g/mol. The lowest BCUT2D eigenvalue weighted by molar-refractivity contribution is 0.448. The van der Waals surface area contributed by atoms with Gasteiger partial charge in [-0.05, 0) is 30.3 Å². The molecule has 2 nitrogen and oxygen atoms in total. The molecule has 0 aliphatic heterocycles. The van der Waals surface area contributed by atoms with Gasteiger partial charge >= 0.3 is 0 Å². The van der Waals surface area contributed by atoms with Crippen LogP contribution in [0.1, 0.15) is 32.3 Å². The third-order valence-corrected chi connectivity index (χ3v) is 6.53. The molecule has 2 aromatic carbocycles. The number of rotatable bonds is 6. The first kappa shape index (κ1) is 16.8. The van der Waals surface area contributed by atoms with Crippen molar-refractivity contribution in [1.29, 1.82) is 0 Å². The van der Waals surface area contributed by atoms with Crippen LogP contribution in [0, 0.1) is 0 Å². The molecule has 0 aromatic heterocycles. The number of aromatic hydroxyl groups is 1. The largest absolute Gasteiger partial charge is 0.508 e. The Morgan fingerprint density at radius 3 is 2.14 bits per heavy atom.